The fourth-order valence-corrected chi connectivity index (χ4v) is 6.76. The van der Waals surface area contributed by atoms with Gasteiger partial charge in [-0.15, -0.1) is 5.10 Å². The van der Waals surface area contributed by atoms with Crippen molar-refractivity contribution in [3.63, 3.8) is 0 Å². The highest BCUT2D eigenvalue weighted by molar-refractivity contribution is 7.92. The van der Waals surface area contributed by atoms with Crippen LogP contribution in [0.5, 0.6) is 0 Å². The van der Waals surface area contributed by atoms with Crippen LogP contribution in [0, 0.1) is 17.0 Å². The number of nitrogens with zero attached hydrogens (tertiary/aromatic N) is 5. The van der Waals surface area contributed by atoms with Crippen molar-refractivity contribution in [2.45, 2.75) is 38.0 Å². The molecule has 2 aliphatic carbocycles. The number of anilines is 1. The summed E-state index contributed by atoms with van der Waals surface area (Å²) in [6, 6.07) is 8.82. The van der Waals surface area contributed by atoms with Crippen LogP contribution in [-0.4, -0.2) is 39.8 Å². The summed E-state index contributed by atoms with van der Waals surface area (Å²) in [5, 5.41) is 8.84. The molecule has 1 fully saturated rings. The molecule has 38 heavy (non-hydrogen) atoms. The summed E-state index contributed by atoms with van der Waals surface area (Å²) in [5.41, 5.74) is 2.80. The van der Waals surface area contributed by atoms with Crippen molar-refractivity contribution in [3.05, 3.63) is 83.6 Å². The Kier molecular flexibility index (Phi) is 5.36. The van der Waals surface area contributed by atoms with E-state index in [0.717, 1.165) is 36.0 Å². The van der Waals surface area contributed by atoms with E-state index in [2.05, 4.69) is 38.7 Å². The molecule has 0 unspecified atom stereocenters. The molecule has 2 bridgehead atoms. The Morgan fingerprint density at radius 3 is 2.45 bits per heavy atom. The second-order valence-corrected chi connectivity index (χ2v) is 12.2. The van der Waals surface area contributed by atoms with Crippen molar-refractivity contribution in [1.82, 2.24) is 25.1 Å². The van der Waals surface area contributed by atoms with Crippen LogP contribution in [0.3, 0.4) is 0 Å². The Bertz CT molecular complexity index is 1670. The fraction of sp³-hybridized carbons (Fsp3) is 0.296. The number of nitrogens with one attached hydrogen (secondary N) is 1. The lowest BCUT2D eigenvalue weighted by atomic mass is 9.66. The van der Waals surface area contributed by atoms with Gasteiger partial charge in [0.1, 0.15) is 17.5 Å². The molecule has 0 amide bonds. The molecule has 3 aromatic heterocycles. The van der Waals surface area contributed by atoms with E-state index in [9.17, 15) is 17.2 Å². The van der Waals surface area contributed by atoms with Crippen LogP contribution in [-0.2, 0) is 15.4 Å². The lowest BCUT2D eigenvalue weighted by Gasteiger charge is -2.37. The van der Waals surface area contributed by atoms with Gasteiger partial charge in [-0.2, -0.15) is 5.10 Å². The van der Waals surface area contributed by atoms with Gasteiger partial charge < -0.3 is 0 Å². The molecule has 1 N–H and O–H groups in total. The van der Waals surface area contributed by atoms with Crippen molar-refractivity contribution in [1.29, 1.82) is 0 Å². The van der Waals surface area contributed by atoms with Crippen LogP contribution in [0.4, 0.5) is 14.6 Å². The first-order valence-corrected chi connectivity index (χ1v) is 14.0. The van der Waals surface area contributed by atoms with Crippen molar-refractivity contribution < 1.29 is 17.2 Å². The van der Waals surface area contributed by atoms with Gasteiger partial charge in [-0.05, 0) is 60.1 Å². The summed E-state index contributed by atoms with van der Waals surface area (Å²) in [7, 11) is -3.44. The van der Waals surface area contributed by atoms with Crippen LogP contribution in [0.1, 0.15) is 49.6 Å². The van der Waals surface area contributed by atoms with Gasteiger partial charge in [-0.3, -0.25) is 9.71 Å². The van der Waals surface area contributed by atoms with E-state index in [1.807, 2.05) is 0 Å². The van der Waals surface area contributed by atoms with E-state index in [-0.39, 0.29) is 28.4 Å². The summed E-state index contributed by atoms with van der Waals surface area (Å²) in [5.74, 6) is -1.04. The average molecular weight is 535 g/mol. The first-order chi connectivity index (χ1) is 18.0. The standard InChI is InChI=1S/C27H24F2N6O2S/c1-26(2)17-9-10-27(26,25-16(17)11-20(33-34-25)24-18(28)5-4-6-19(24)29)22-14-30-13-21(32-22)15-7-8-23(31-12-15)35-38(3,36)37/h4-8,11-14,17H,9-10H2,1-3H3,(H,31,35)/t17-,27-/m0/s1. The monoisotopic (exact) mass is 534 g/mol. The lowest BCUT2D eigenvalue weighted by Crippen LogP contribution is -2.38. The zero-order valence-electron chi connectivity index (χ0n) is 20.9. The number of hydrogen-bond acceptors (Lipinski definition) is 7. The van der Waals surface area contributed by atoms with Crippen LogP contribution in [0.15, 0.2) is 55.0 Å². The number of rotatable bonds is 5. The third kappa shape index (κ3) is 3.59. The molecule has 2 atom stereocenters. The molecular weight excluding hydrogens is 510 g/mol. The SMILES string of the molecule is CC1(C)[C@H]2CC[C@]1(c1cncc(-c3ccc(NS(C)(=O)=O)nc3)n1)c1nnc(-c3c(F)cccc3F)cc12. The van der Waals surface area contributed by atoms with Gasteiger partial charge in [0.2, 0.25) is 10.0 Å². The molecule has 0 radical (unpaired) electrons. The molecular formula is C27H24F2N6O2S. The summed E-state index contributed by atoms with van der Waals surface area (Å²) in [4.78, 5) is 13.6. The van der Waals surface area contributed by atoms with Gasteiger partial charge in [0.25, 0.3) is 0 Å². The third-order valence-corrected chi connectivity index (χ3v) is 8.60. The van der Waals surface area contributed by atoms with Crippen LogP contribution < -0.4 is 4.72 Å². The number of aromatic nitrogens is 5. The predicted molar refractivity (Wildman–Crippen MR) is 138 cm³/mol. The van der Waals surface area contributed by atoms with Gasteiger partial charge >= 0.3 is 0 Å². The second-order valence-electron chi connectivity index (χ2n) is 10.4. The van der Waals surface area contributed by atoms with Gasteiger partial charge in [0.15, 0.2) is 0 Å². The zero-order valence-corrected chi connectivity index (χ0v) is 21.7. The molecule has 0 aliphatic heterocycles. The number of sulfonamides is 1. The Morgan fingerprint density at radius 2 is 1.76 bits per heavy atom. The van der Waals surface area contributed by atoms with Crippen molar-refractivity contribution in [3.8, 4) is 22.5 Å². The van der Waals surface area contributed by atoms with Crippen LogP contribution in [0.25, 0.3) is 22.5 Å². The largest absolute Gasteiger partial charge is 0.268 e. The smallest absolute Gasteiger partial charge is 0.230 e. The number of fused-ring (bicyclic) bond motifs is 5. The molecule has 2 aliphatic rings. The van der Waals surface area contributed by atoms with E-state index in [4.69, 9.17) is 4.98 Å². The third-order valence-electron chi connectivity index (χ3n) is 8.02. The topological polar surface area (TPSA) is 111 Å². The van der Waals surface area contributed by atoms with Gasteiger partial charge in [0, 0.05) is 18.0 Å². The van der Waals surface area contributed by atoms with Gasteiger partial charge in [-0.1, -0.05) is 19.9 Å². The zero-order chi connectivity index (χ0) is 26.9. The molecule has 0 saturated heterocycles. The average Bonchev–Trinajstić information content (AvgIpc) is 3.24. The van der Waals surface area contributed by atoms with Crippen molar-refractivity contribution in [2.75, 3.05) is 11.0 Å². The summed E-state index contributed by atoms with van der Waals surface area (Å²) >= 11 is 0. The van der Waals surface area contributed by atoms with E-state index in [1.165, 1.54) is 18.2 Å². The number of hydrogen-bond donors (Lipinski definition) is 1. The molecule has 6 rings (SSSR count). The molecule has 1 saturated carbocycles. The highest BCUT2D eigenvalue weighted by Gasteiger charge is 2.65. The Balaban J connectivity index is 1.43. The Morgan fingerprint density at radius 1 is 1.00 bits per heavy atom. The van der Waals surface area contributed by atoms with E-state index >= 15 is 0 Å². The van der Waals surface area contributed by atoms with E-state index in [1.54, 1.807) is 36.8 Å². The minimum atomic E-state index is -3.44. The first kappa shape index (κ1) is 24.5. The highest BCUT2D eigenvalue weighted by Crippen LogP contribution is 2.69. The summed E-state index contributed by atoms with van der Waals surface area (Å²) < 4.78 is 54.4. The quantitative estimate of drug-likeness (QED) is 0.390. The number of pyridine rings is 1. The first-order valence-electron chi connectivity index (χ1n) is 12.1. The molecule has 3 heterocycles. The Hall–Kier alpha value is -3.86. The summed E-state index contributed by atoms with van der Waals surface area (Å²) in [6.45, 7) is 4.33. The van der Waals surface area contributed by atoms with E-state index in [0.29, 0.717) is 11.3 Å². The number of benzene rings is 1. The fourth-order valence-electron chi connectivity index (χ4n) is 6.26. The summed E-state index contributed by atoms with van der Waals surface area (Å²) in [6.07, 6.45) is 7.62. The maximum atomic E-state index is 14.5. The van der Waals surface area contributed by atoms with E-state index < -0.39 is 27.1 Å². The van der Waals surface area contributed by atoms with Crippen molar-refractivity contribution >= 4 is 15.8 Å². The molecule has 194 valence electrons. The maximum Gasteiger partial charge on any atom is 0.230 e. The van der Waals surface area contributed by atoms with Crippen molar-refractivity contribution in [2.24, 2.45) is 5.41 Å². The van der Waals surface area contributed by atoms with Gasteiger partial charge in [0.05, 0.1) is 46.2 Å². The predicted octanol–water partition coefficient (Wildman–Crippen LogP) is 4.85. The van der Waals surface area contributed by atoms with Crippen LogP contribution in [0.2, 0.25) is 0 Å². The van der Waals surface area contributed by atoms with Gasteiger partial charge in [-0.25, -0.2) is 27.2 Å². The Labute approximate surface area is 218 Å². The molecule has 8 nitrogen and oxygen atoms in total. The lowest BCUT2D eigenvalue weighted by molar-refractivity contribution is 0.242. The number of halogens is 2. The minimum Gasteiger partial charge on any atom is -0.268 e. The van der Waals surface area contributed by atoms with Crippen LogP contribution >= 0.6 is 0 Å². The molecule has 1 aromatic carbocycles. The second kappa shape index (κ2) is 8.32. The maximum absolute atomic E-state index is 14.5. The normalized spacial score (nSPS) is 21.3. The minimum absolute atomic E-state index is 0.107. The molecule has 4 aromatic rings. The molecule has 0 spiro atoms. The molecule has 11 heteroatoms. The highest BCUT2D eigenvalue weighted by atomic mass is 32.2.